The molecule has 0 bridgehead atoms. The third-order valence-electron chi connectivity index (χ3n) is 16.8. The van der Waals surface area contributed by atoms with Gasteiger partial charge in [-0.15, -0.1) is 0 Å². The Kier molecular flexibility index (Phi) is 69.6. The van der Waals surface area contributed by atoms with Gasteiger partial charge in [-0.1, -0.05) is 378 Å². The molecule has 0 N–H and O–H groups in total. The van der Waals surface area contributed by atoms with Crippen molar-refractivity contribution in [2.24, 2.45) is 0 Å². The van der Waals surface area contributed by atoms with E-state index in [4.69, 9.17) is 14.2 Å². The highest BCUT2D eigenvalue weighted by atomic mass is 16.6. The molecule has 0 fully saturated rings. The molecule has 0 aromatic rings. The van der Waals surface area contributed by atoms with Gasteiger partial charge in [0, 0.05) is 19.3 Å². The minimum Gasteiger partial charge on any atom is -0.462 e. The van der Waals surface area contributed by atoms with Gasteiger partial charge in [-0.3, -0.25) is 14.4 Å². The second kappa shape index (κ2) is 71.8. The van der Waals surface area contributed by atoms with E-state index in [1.165, 1.54) is 283 Å². The summed E-state index contributed by atoms with van der Waals surface area (Å²) >= 11 is 0. The van der Waals surface area contributed by atoms with Gasteiger partial charge in [0.25, 0.3) is 0 Å². The Morgan fingerprint density at radius 1 is 0.253 bits per heavy atom. The fraction of sp³-hybridized carbons (Fsp3) is 0.857. The highest BCUT2D eigenvalue weighted by Gasteiger charge is 2.19. The largest absolute Gasteiger partial charge is 0.462 e. The summed E-state index contributed by atoms with van der Waals surface area (Å²) in [4.78, 5) is 38.5. The molecule has 6 heteroatoms. The highest BCUT2D eigenvalue weighted by molar-refractivity contribution is 5.71. The maximum absolute atomic E-state index is 13.0. The van der Waals surface area contributed by atoms with E-state index in [9.17, 15) is 14.4 Å². The number of carbonyl (C=O) groups is 3. The maximum Gasteiger partial charge on any atom is 0.306 e. The van der Waals surface area contributed by atoms with Crippen molar-refractivity contribution >= 4 is 17.9 Å². The van der Waals surface area contributed by atoms with Gasteiger partial charge in [-0.05, 0) is 57.8 Å². The van der Waals surface area contributed by atoms with Crippen LogP contribution in [0.1, 0.15) is 406 Å². The van der Waals surface area contributed by atoms with Crippen LogP contribution in [-0.2, 0) is 28.6 Å². The second-order valence-corrected chi connectivity index (χ2v) is 25.2. The van der Waals surface area contributed by atoms with Crippen LogP contribution >= 0.6 is 0 Å². The van der Waals surface area contributed by atoms with Crippen LogP contribution in [0.2, 0.25) is 0 Å². The number of hydrogen-bond acceptors (Lipinski definition) is 6. The molecular weight excluding hydrogens is 1020 g/mol. The zero-order chi connectivity index (χ0) is 59.9. The molecule has 0 aliphatic heterocycles. The first-order valence-corrected chi connectivity index (χ1v) is 37.1. The first kappa shape index (κ1) is 80.4. The Morgan fingerprint density at radius 2 is 0.470 bits per heavy atom. The van der Waals surface area contributed by atoms with Crippen LogP contribution < -0.4 is 0 Å². The molecule has 0 saturated carbocycles. The number of hydrogen-bond donors (Lipinski definition) is 0. The lowest BCUT2D eigenvalue weighted by Gasteiger charge is -2.18. The molecule has 0 aliphatic rings. The van der Waals surface area contributed by atoms with Crippen LogP contribution in [0.5, 0.6) is 0 Å². The van der Waals surface area contributed by atoms with Crippen molar-refractivity contribution in [1.82, 2.24) is 0 Å². The van der Waals surface area contributed by atoms with Crippen molar-refractivity contribution in [2.45, 2.75) is 412 Å². The zero-order valence-electron chi connectivity index (χ0n) is 56.0. The molecule has 0 aliphatic carbocycles. The minimum atomic E-state index is -0.789. The van der Waals surface area contributed by atoms with Crippen LogP contribution in [0.3, 0.4) is 0 Å². The Bertz CT molecular complexity index is 1430. The molecule has 0 amide bonds. The lowest BCUT2D eigenvalue weighted by molar-refractivity contribution is -0.167. The van der Waals surface area contributed by atoms with Gasteiger partial charge in [0.15, 0.2) is 6.10 Å². The Labute approximate surface area is 518 Å². The van der Waals surface area contributed by atoms with Gasteiger partial charge >= 0.3 is 17.9 Å². The predicted molar refractivity (Wildman–Crippen MR) is 362 cm³/mol. The SMILES string of the molecule is CC/C=C\C/C=C\C/C=C\C/C=C\CCCCC(=O)OCC(COC(=O)CCCCCCCCCCCCCCCCCCCCCCCCCCC)OC(=O)CCCCCCCCCCCCCCCCCCCCCCCCCCC. The molecule has 0 rings (SSSR count). The number of carbonyl (C=O) groups excluding carboxylic acids is 3. The molecule has 0 radical (unpaired) electrons. The summed E-state index contributed by atoms with van der Waals surface area (Å²) in [7, 11) is 0. The van der Waals surface area contributed by atoms with Crippen molar-refractivity contribution in [1.29, 1.82) is 0 Å². The van der Waals surface area contributed by atoms with E-state index in [2.05, 4.69) is 69.4 Å². The lowest BCUT2D eigenvalue weighted by Crippen LogP contribution is -2.30. The third kappa shape index (κ3) is 70.0. The van der Waals surface area contributed by atoms with Crippen molar-refractivity contribution in [3.63, 3.8) is 0 Å². The summed E-state index contributed by atoms with van der Waals surface area (Å²) in [6, 6.07) is 0. The van der Waals surface area contributed by atoms with Crippen molar-refractivity contribution in [2.75, 3.05) is 13.2 Å². The Morgan fingerprint density at radius 3 is 0.735 bits per heavy atom. The Balaban J connectivity index is 4.26. The van der Waals surface area contributed by atoms with Gasteiger partial charge in [0.2, 0.25) is 0 Å². The fourth-order valence-corrected chi connectivity index (χ4v) is 11.3. The van der Waals surface area contributed by atoms with Crippen LogP contribution in [-0.4, -0.2) is 37.2 Å². The molecule has 0 aromatic heterocycles. The van der Waals surface area contributed by atoms with E-state index in [0.29, 0.717) is 19.3 Å². The first-order chi connectivity index (χ1) is 41.0. The van der Waals surface area contributed by atoms with Gasteiger partial charge < -0.3 is 14.2 Å². The van der Waals surface area contributed by atoms with Crippen LogP contribution in [0.25, 0.3) is 0 Å². The van der Waals surface area contributed by atoms with E-state index in [0.717, 1.165) is 83.5 Å². The number of esters is 3. The highest BCUT2D eigenvalue weighted by Crippen LogP contribution is 2.19. The molecule has 1 unspecified atom stereocenters. The summed E-state index contributed by atoms with van der Waals surface area (Å²) < 4.78 is 17.0. The van der Waals surface area contributed by atoms with E-state index in [1.54, 1.807) is 0 Å². The average molecular weight is 1160 g/mol. The molecule has 0 aromatic carbocycles. The van der Waals surface area contributed by atoms with E-state index >= 15 is 0 Å². The third-order valence-corrected chi connectivity index (χ3v) is 16.8. The van der Waals surface area contributed by atoms with Crippen LogP contribution in [0, 0.1) is 0 Å². The van der Waals surface area contributed by atoms with Crippen molar-refractivity contribution in [3.8, 4) is 0 Å². The van der Waals surface area contributed by atoms with E-state index in [1.807, 2.05) is 0 Å². The van der Waals surface area contributed by atoms with Crippen molar-refractivity contribution < 1.29 is 28.6 Å². The summed E-state index contributed by atoms with van der Waals surface area (Å²) in [6.45, 7) is 6.58. The van der Waals surface area contributed by atoms with Gasteiger partial charge in [-0.25, -0.2) is 0 Å². The predicted octanol–water partition coefficient (Wildman–Crippen LogP) is 25.7. The minimum absolute atomic E-state index is 0.0808. The van der Waals surface area contributed by atoms with Gasteiger partial charge in [0.1, 0.15) is 13.2 Å². The summed E-state index contributed by atoms with van der Waals surface area (Å²) in [5, 5.41) is 0. The summed E-state index contributed by atoms with van der Waals surface area (Å²) in [5.41, 5.74) is 0. The summed E-state index contributed by atoms with van der Waals surface area (Å²) in [5.74, 6) is -0.894. The van der Waals surface area contributed by atoms with Crippen LogP contribution in [0.15, 0.2) is 48.6 Å². The molecule has 0 spiro atoms. The fourth-order valence-electron chi connectivity index (χ4n) is 11.3. The zero-order valence-corrected chi connectivity index (χ0v) is 56.0. The molecular formula is C77H142O6. The maximum atomic E-state index is 13.0. The number of rotatable bonds is 69. The monoisotopic (exact) mass is 1160 g/mol. The molecule has 1 atom stereocenters. The topological polar surface area (TPSA) is 78.9 Å². The van der Waals surface area contributed by atoms with Crippen molar-refractivity contribution in [3.05, 3.63) is 48.6 Å². The molecule has 0 saturated heterocycles. The molecule has 0 heterocycles. The smallest absolute Gasteiger partial charge is 0.306 e. The van der Waals surface area contributed by atoms with E-state index in [-0.39, 0.29) is 31.1 Å². The van der Waals surface area contributed by atoms with Gasteiger partial charge in [0.05, 0.1) is 0 Å². The summed E-state index contributed by atoms with van der Waals surface area (Å²) in [6.07, 6.45) is 91.7. The molecule has 83 heavy (non-hydrogen) atoms. The second-order valence-electron chi connectivity index (χ2n) is 25.2. The Hall–Kier alpha value is -2.63. The normalized spacial score (nSPS) is 12.3. The first-order valence-electron chi connectivity index (χ1n) is 37.1. The molecule has 6 nitrogen and oxygen atoms in total. The quantitative estimate of drug-likeness (QED) is 0.0261. The average Bonchev–Trinajstić information content (AvgIpc) is 3.49. The van der Waals surface area contributed by atoms with Crippen LogP contribution in [0.4, 0.5) is 0 Å². The number of unbranched alkanes of at least 4 members (excludes halogenated alkanes) is 50. The van der Waals surface area contributed by atoms with Gasteiger partial charge in [-0.2, -0.15) is 0 Å². The van der Waals surface area contributed by atoms with E-state index < -0.39 is 6.10 Å². The lowest BCUT2D eigenvalue weighted by atomic mass is 10.0. The standard InChI is InChI=1S/C77H142O6/c1-4-7-10-13-16-19-22-25-28-30-32-34-36-38-40-42-44-46-49-52-55-58-61-64-67-70-76(79)82-73-74(72-81-75(78)69-66-63-60-57-54-51-48-27-24-21-18-15-12-9-6-3)83-77(80)71-68-65-62-59-56-53-50-47-45-43-41-39-37-35-33-31-29-26-23-20-17-14-11-8-5-2/h9,12,18,21,27,48,54,57,74H,4-8,10-11,13-17,19-20,22-26,28-47,49-53,55-56,58-73H2,1-3H3/b12-9-,21-18-,48-27-,57-54-. The number of ether oxygens (including phenoxy) is 3. The molecule has 486 valence electrons. The number of allylic oxidation sites excluding steroid dienone is 8.